The Labute approximate surface area is 126 Å². The Morgan fingerprint density at radius 2 is 1.86 bits per heavy atom. The van der Waals surface area contributed by atoms with Gasteiger partial charge in [-0.2, -0.15) is 0 Å². The van der Waals surface area contributed by atoms with Crippen molar-refractivity contribution in [2.45, 2.75) is 64.5 Å². The molecule has 1 fully saturated rings. The van der Waals surface area contributed by atoms with Crippen LogP contribution in [0.25, 0.3) is 0 Å². The van der Waals surface area contributed by atoms with Crippen LogP contribution in [0.5, 0.6) is 0 Å². The Kier molecular flexibility index (Phi) is 6.95. The van der Waals surface area contributed by atoms with Crippen molar-refractivity contribution in [1.29, 1.82) is 0 Å². The van der Waals surface area contributed by atoms with Gasteiger partial charge in [0.05, 0.1) is 6.61 Å². The van der Waals surface area contributed by atoms with Crippen LogP contribution in [0.1, 0.15) is 52.9 Å². The summed E-state index contributed by atoms with van der Waals surface area (Å²) in [6, 6.07) is -1.08. The third-order valence-corrected chi connectivity index (χ3v) is 3.35. The number of amides is 1. The fraction of sp³-hybridized carbons (Fsp3) is 0.867. The van der Waals surface area contributed by atoms with Gasteiger partial charge in [-0.05, 0) is 39.5 Å². The zero-order chi connectivity index (χ0) is 15.9. The van der Waals surface area contributed by atoms with Crippen molar-refractivity contribution in [3.05, 3.63) is 0 Å². The lowest BCUT2D eigenvalue weighted by Crippen LogP contribution is -2.46. The maximum absolute atomic E-state index is 11.6. The van der Waals surface area contributed by atoms with Gasteiger partial charge in [0.1, 0.15) is 5.60 Å². The van der Waals surface area contributed by atoms with E-state index in [4.69, 9.17) is 14.6 Å². The standard InChI is InChI=1S/C15H27NO5/c1-15(2,3)21-14(19)16-12(13(17)18)10-20-9-11-7-5-4-6-8-11/h11-12H,4-10H2,1-3H3,(H,16,19)(H,17,18). The van der Waals surface area contributed by atoms with E-state index in [0.717, 1.165) is 12.8 Å². The Balaban J connectivity index is 2.32. The summed E-state index contributed by atoms with van der Waals surface area (Å²) in [5, 5.41) is 11.4. The molecule has 21 heavy (non-hydrogen) atoms. The summed E-state index contributed by atoms with van der Waals surface area (Å²) in [7, 11) is 0. The Morgan fingerprint density at radius 1 is 1.24 bits per heavy atom. The molecule has 1 saturated carbocycles. The van der Waals surface area contributed by atoms with Crippen LogP contribution < -0.4 is 5.32 Å². The lowest BCUT2D eigenvalue weighted by atomic mass is 9.90. The third-order valence-electron chi connectivity index (χ3n) is 3.35. The number of nitrogens with one attached hydrogen (secondary N) is 1. The van der Waals surface area contributed by atoms with Gasteiger partial charge in [-0.25, -0.2) is 9.59 Å². The lowest BCUT2D eigenvalue weighted by Gasteiger charge is -2.24. The minimum Gasteiger partial charge on any atom is -0.480 e. The first-order valence-corrected chi connectivity index (χ1v) is 7.58. The van der Waals surface area contributed by atoms with Gasteiger partial charge in [0.25, 0.3) is 0 Å². The molecular weight excluding hydrogens is 274 g/mol. The second kappa shape index (κ2) is 8.22. The quantitative estimate of drug-likeness (QED) is 0.787. The van der Waals surface area contributed by atoms with Gasteiger partial charge >= 0.3 is 12.1 Å². The van der Waals surface area contributed by atoms with Crippen LogP contribution in [0.2, 0.25) is 0 Å². The number of carbonyl (C=O) groups excluding carboxylic acids is 1. The number of carbonyl (C=O) groups is 2. The van der Waals surface area contributed by atoms with E-state index in [2.05, 4.69) is 5.32 Å². The maximum Gasteiger partial charge on any atom is 0.408 e. The number of carboxylic acid groups (broad SMARTS) is 1. The smallest absolute Gasteiger partial charge is 0.408 e. The molecule has 0 aromatic rings. The average molecular weight is 301 g/mol. The first-order chi connectivity index (χ1) is 9.78. The van der Waals surface area contributed by atoms with Crippen molar-refractivity contribution in [3.8, 4) is 0 Å². The van der Waals surface area contributed by atoms with Crippen molar-refractivity contribution in [1.82, 2.24) is 5.32 Å². The molecule has 1 unspecified atom stereocenters. The molecule has 1 aliphatic rings. The van der Waals surface area contributed by atoms with Crippen LogP contribution in [0.3, 0.4) is 0 Å². The monoisotopic (exact) mass is 301 g/mol. The number of rotatable bonds is 6. The van der Waals surface area contributed by atoms with Crippen molar-refractivity contribution < 1.29 is 24.2 Å². The summed E-state index contributed by atoms with van der Waals surface area (Å²) in [6.07, 6.45) is 5.23. The summed E-state index contributed by atoms with van der Waals surface area (Å²) in [4.78, 5) is 22.7. The molecule has 0 spiro atoms. The van der Waals surface area contributed by atoms with E-state index >= 15 is 0 Å². The number of alkyl carbamates (subject to hydrolysis) is 1. The summed E-state index contributed by atoms with van der Waals surface area (Å²) < 4.78 is 10.5. The summed E-state index contributed by atoms with van der Waals surface area (Å²) in [5.74, 6) is -0.612. The number of ether oxygens (including phenoxy) is 2. The third kappa shape index (κ3) is 7.90. The zero-order valence-corrected chi connectivity index (χ0v) is 13.2. The molecule has 122 valence electrons. The van der Waals surface area contributed by atoms with Crippen molar-refractivity contribution in [2.24, 2.45) is 5.92 Å². The first kappa shape index (κ1) is 17.8. The molecule has 0 aromatic carbocycles. The lowest BCUT2D eigenvalue weighted by molar-refractivity contribution is -0.141. The first-order valence-electron chi connectivity index (χ1n) is 7.58. The van der Waals surface area contributed by atoms with Crippen LogP contribution in [0.15, 0.2) is 0 Å². The molecule has 0 saturated heterocycles. The van der Waals surface area contributed by atoms with Gasteiger partial charge in [0.15, 0.2) is 6.04 Å². The molecule has 0 aliphatic heterocycles. The van der Waals surface area contributed by atoms with E-state index in [9.17, 15) is 9.59 Å². The van der Waals surface area contributed by atoms with Gasteiger partial charge < -0.3 is 19.9 Å². The van der Waals surface area contributed by atoms with Gasteiger partial charge in [-0.3, -0.25) is 0 Å². The molecule has 6 nitrogen and oxygen atoms in total. The van der Waals surface area contributed by atoms with Crippen molar-refractivity contribution in [3.63, 3.8) is 0 Å². The molecule has 0 radical (unpaired) electrons. The van der Waals surface area contributed by atoms with E-state index in [0.29, 0.717) is 12.5 Å². The molecule has 2 N–H and O–H groups in total. The molecule has 1 rings (SSSR count). The second-order valence-corrected chi connectivity index (χ2v) is 6.58. The fourth-order valence-corrected chi connectivity index (χ4v) is 2.33. The summed E-state index contributed by atoms with van der Waals surface area (Å²) >= 11 is 0. The number of hydrogen-bond donors (Lipinski definition) is 2. The van der Waals surface area contributed by atoms with Crippen LogP contribution in [0.4, 0.5) is 4.79 Å². The van der Waals surface area contributed by atoms with Gasteiger partial charge in [-0.15, -0.1) is 0 Å². The predicted octanol–water partition coefficient (Wildman–Crippen LogP) is 2.56. The van der Waals surface area contributed by atoms with E-state index < -0.39 is 23.7 Å². The molecular formula is C15H27NO5. The highest BCUT2D eigenvalue weighted by molar-refractivity contribution is 5.80. The molecule has 0 aromatic heterocycles. The number of carboxylic acids is 1. The molecule has 1 atom stereocenters. The minimum absolute atomic E-state index is 0.0366. The largest absolute Gasteiger partial charge is 0.480 e. The predicted molar refractivity (Wildman–Crippen MR) is 78.2 cm³/mol. The fourth-order valence-electron chi connectivity index (χ4n) is 2.33. The highest BCUT2D eigenvalue weighted by Crippen LogP contribution is 2.23. The highest BCUT2D eigenvalue weighted by atomic mass is 16.6. The van der Waals surface area contributed by atoms with Gasteiger partial charge in [-0.1, -0.05) is 19.3 Å². The second-order valence-electron chi connectivity index (χ2n) is 6.58. The van der Waals surface area contributed by atoms with E-state index in [1.807, 2.05) is 0 Å². The molecule has 6 heteroatoms. The average Bonchev–Trinajstić information content (AvgIpc) is 2.36. The van der Waals surface area contributed by atoms with Crippen LogP contribution in [-0.2, 0) is 14.3 Å². The Hall–Kier alpha value is -1.30. The summed E-state index contributed by atoms with van der Waals surface area (Å²) in [6.45, 7) is 5.69. The Morgan fingerprint density at radius 3 is 2.38 bits per heavy atom. The molecule has 0 heterocycles. The summed E-state index contributed by atoms with van der Waals surface area (Å²) in [5.41, 5.74) is -0.657. The minimum atomic E-state index is -1.12. The van der Waals surface area contributed by atoms with Crippen molar-refractivity contribution >= 4 is 12.1 Å². The number of aliphatic carboxylic acids is 1. The molecule has 1 amide bonds. The normalized spacial score (nSPS) is 18.0. The van der Waals surface area contributed by atoms with E-state index in [1.165, 1.54) is 19.3 Å². The van der Waals surface area contributed by atoms with Gasteiger partial charge in [0.2, 0.25) is 0 Å². The highest BCUT2D eigenvalue weighted by Gasteiger charge is 2.24. The zero-order valence-electron chi connectivity index (χ0n) is 13.2. The van der Waals surface area contributed by atoms with Crippen molar-refractivity contribution in [2.75, 3.05) is 13.2 Å². The van der Waals surface area contributed by atoms with E-state index in [-0.39, 0.29) is 6.61 Å². The maximum atomic E-state index is 11.6. The van der Waals surface area contributed by atoms with Gasteiger partial charge in [0, 0.05) is 6.61 Å². The Bertz CT molecular complexity index is 344. The van der Waals surface area contributed by atoms with Crippen LogP contribution in [-0.4, -0.2) is 42.0 Å². The SMILES string of the molecule is CC(C)(C)OC(=O)NC(COCC1CCCCC1)C(=O)O. The van der Waals surface area contributed by atoms with E-state index in [1.54, 1.807) is 20.8 Å². The van der Waals surface area contributed by atoms with Crippen LogP contribution in [0, 0.1) is 5.92 Å². The van der Waals surface area contributed by atoms with Crippen LogP contribution >= 0.6 is 0 Å². The topological polar surface area (TPSA) is 84.9 Å². The molecule has 1 aliphatic carbocycles. The number of hydrogen-bond acceptors (Lipinski definition) is 4. The molecule has 0 bridgehead atoms.